The van der Waals surface area contributed by atoms with Crippen LogP contribution in [0.15, 0.2) is 0 Å². The first kappa shape index (κ1) is 15.3. The molecular weight excluding hydrogens is 210 g/mol. The molecular formula is C10H23N3O3. The fourth-order valence-corrected chi connectivity index (χ4v) is 1.55. The van der Waals surface area contributed by atoms with Gasteiger partial charge in [-0.3, -0.25) is 15.1 Å². The van der Waals surface area contributed by atoms with Crippen molar-refractivity contribution in [1.82, 2.24) is 10.3 Å². The van der Waals surface area contributed by atoms with Gasteiger partial charge in [0, 0.05) is 26.8 Å². The summed E-state index contributed by atoms with van der Waals surface area (Å²) >= 11 is 0. The van der Waals surface area contributed by atoms with E-state index in [1.165, 1.54) is 0 Å². The largest absolute Gasteiger partial charge is 0.383 e. The number of hydrogen-bond donors (Lipinski definition) is 2. The van der Waals surface area contributed by atoms with Crippen LogP contribution in [0.4, 0.5) is 0 Å². The average molecular weight is 233 g/mol. The smallest absolute Gasteiger partial charge is 0.253 e. The number of hydrogen-bond acceptors (Lipinski definition) is 5. The van der Waals surface area contributed by atoms with Crippen molar-refractivity contribution in [2.24, 2.45) is 5.84 Å². The van der Waals surface area contributed by atoms with Crippen LogP contribution >= 0.6 is 0 Å². The van der Waals surface area contributed by atoms with Crippen molar-refractivity contribution in [3.8, 4) is 0 Å². The summed E-state index contributed by atoms with van der Waals surface area (Å²) in [5.41, 5.74) is 2.16. The highest BCUT2D eigenvalue weighted by Gasteiger charge is 2.27. The molecule has 0 saturated heterocycles. The van der Waals surface area contributed by atoms with E-state index < -0.39 is 0 Å². The highest BCUT2D eigenvalue weighted by molar-refractivity contribution is 5.81. The van der Waals surface area contributed by atoms with Crippen LogP contribution in [0.3, 0.4) is 0 Å². The van der Waals surface area contributed by atoms with E-state index in [9.17, 15) is 4.79 Å². The topological polar surface area (TPSA) is 76.8 Å². The standard InChI is InChI=1S/C10H23N3O3/c1-8(2)13(5-6-15-3)9(7-16-4)10(14)12-11/h8-9H,5-7,11H2,1-4H3,(H,12,14). The normalized spacial score (nSPS) is 13.2. The van der Waals surface area contributed by atoms with E-state index >= 15 is 0 Å². The zero-order valence-corrected chi connectivity index (χ0v) is 10.5. The first-order chi connectivity index (χ1) is 7.58. The van der Waals surface area contributed by atoms with Crippen LogP contribution in [0, 0.1) is 0 Å². The summed E-state index contributed by atoms with van der Waals surface area (Å²) in [6.45, 7) is 5.57. The number of nitrogens with zero attached hydrogens (tertiary/aromatic N) is 1. The minimum absolute atomic E-state index is 0.215. The maximum absolute atomic E-state index is 11.6. The van der Waals surface area contributed by atoms with E-state index in [0.29, 0.717) is 19.8 Å². The molecule has 1 atom stereocenters. The molecule has 0 radical (unpaired) electrons. The molecule has 6 nitrogen and oxygen atoms in total. The molecule has 0 aromatic rings. The van der Waals surface area contributed by atoms with E-state index in [1.807, 2.05) is 18.7 Å². The van der Waals surface area contributed by atoms with Gasteiger partial charge in [0.15, 0.2) is 0 Å². The first-order valence-corrected chi connectivity index (χ1v) is 5.32. The Kier molecular flexibility index (Phi) is 8.10. The summed E-state index contributed by atoms with van der Waals surface area (Å²) in [6, 6.07) is -0.169. The Labute approximate surface area is 97.0 Å². The molecule has 0 bridgehead atoms. The molecule has 0 rings (SSSR count). The molecule has 16 heavy (non-hydrogen) atoms. The summed E-state index contributed by atoms with van der Waals surface area (Å²) in [4.78, 5) is 13.6. The minimum atomic E-state index is -0.384. The van der Waals surface area contributed by atoms with Crippen LogP contribution in [0.5, 0.6) is 0 Å². The SMILES string of the molecule is COCCN(C(C)C)C(COC)C(=O)NN. The molecule has 3 N–H and O–H groups in total. The molecule has 0 spiro atoms. The second kappa shape index (κ2) is 8.46. The molecule has 0 fully saturated rings. The van der Waals surface area contributed by atoms with Crippen LogP contribution in [0.25, 0.3) is 0 Å². The second-order valence-electron chi connectivity index (χ2n) is 3.80. The first-order valence-electron chi connectivity index (χ1n) is 5.32. The Bertz CT molecular complexity index is 200. The number of ether oxygens (including phenoxy) is 2. The van der Waals surface area contributed by atoms with E-state index in [-0.39, 0.29) is 18.0 Å². The Morgan fingerprint density at radius 3 is 2.38 bits per heavy atom. The molecule has 0 saturated carbocycles. The van der Waals surface area contributed by atoms with Crippen molar-refractivity contribution < 1.29 is 14.3 Å². The molecule has 1 unspecified atom stereocenters. The van der Waals surface area contributed by atoms with Crippen LogP contribution in [-0.4, -0.2) is 56.9 Å². The Morgan fingerprint density at radius 1 is 1.38 bits per heavy atom. The predicted octanol–water partition coefficient (Wildman–Crippen LogP) is -0.652. The zero-order valence-electron chi connectivity index (χ0n) is 10.5. The summed E-state index contributed by atoms with van der Waals surface area (Å²) < 4.78 is 10.1. The van der Waals surface area contributed by atoms with Crippen LogP contribution in [0.2, 0.25) is 0 Å². The van der Waals surface area contributed by atoms with Crippen LogP contribution in [0.1, 0.15) is 13.8 Å². The van der Waals surface area contributed by atoms with Gasteiger partial charge in [0.25, 0.3) is 5.91 Å². The number of carbonyl (C=O) groups is 1. The van der Waals surface area contributed by atoms with Crippen molar-refractivity contribution in [3.63, 3.8) is 0 Å². The number of nitrogens with one attached hydrogen (secondary N) is 1. The predicted molar refractivity (Wildman–Crippen MR) is 61.7 cm³/mol. The lowest BCUT2D eigenvalue weighted by atomic mass is 10.2. The summed E-state index contributed by atoms with van der Waals surface area (Å²) in [5.74, 6) is 4.91. The van der Waals surface area contributed by atoms with Crippen LogP contribution < -0.4 is 11.3 Å². The van der Waals surface area contributed by atoms with Crippen molar-refractivity contribution in [2.45, 2.75) is 25.9 Å². The monoisotopic (exact) mass is 233 g/mol. The van der Waals surface area contributed by atoms with Gasteiger partial charge in [-0.25, -0.2) is 5.84 Å². The number of nitrogens with two attached hydrogens (primary N) is 1. The zero-order chi connectivity index (χ0) is 12.6. The lowest BCUT2D eigenvalue weighted by molar-refractivity contribution is -0.129. The molecule has 0 aromatic carbocycles. The quantitative estimate of drug-likeness (QED) is 0.331. The molecule has 0 aliphatic rings. The third-order valence-electron chi connectivity index (χ3n) is 2.39. The van der Waals surface area contributed by atoms with Gasteiger partial charge in [0.05, 0.1) is 13.2 Å². The van der Waals surface area contributed by atoms with E-state index in [0.717, 1.165) is 0 Å². The van der Waals surface area contributed by atoms with E-state index in [1.54, 1.807) is 14.2 Å². The second-order valence-corrected chi connectivity index (χ2v) is 3.80. The molecule has 0 aliphatic carbocycles. The highest BCUT2D eigenvalue weighted by atomic mass is 16.5. The van der Waals surface area contributed by atoms with Crippen molar-refractivity contribution in [1.29, 1.82) is 0 Å². The summed E-state index contributed by atoms with van der Waals surface area (Å²) in [6.07, 6.45) is 0. The van der Waals surface area contributed by atoms with Gasteiger partial charge in [0.2, 0.25) is 0 Å². The molecule has 0 aromatic heterocycles. The Balaban J connectivity index is 4.58. The molecule has 96 valence electrons. The molecule has 0 aliphatic heterocycles. The van der Waals surface area contributed by atoms with Gasteiger partial charge in [-0.15, -0.1) is 0 Å². The van der Waals surface area contributed by atoms with Gasteiger partial charge >= 0.3 is 0 Å². The van der Waals surface area contributed by atoms with E-state index in [2.05, 4.69) is 5.43 Å². The lowest BCUT2D eigenvalue weighted by Gasteiger charge is -2.32. The summed E-state index contributed by atoms with van der Waals surface area (Å²) in [7, 11) is 3.19. The fourth-order valence-electron chi connectivity index (χ4n) is 1.55. The Hall–Kier alpha value is -0.690. The molecule has 0 heterocycles. The van der Waals surface area contributed by atoms with Crippen molar-refractivity contribution >= 4 is 5.91 Å². The van der Waals surface area contributed by atoms with Gasteiger partial charge in [-0.05, 0) is 13.8 Å². The number of amides is 1. The van der Waals surface area contributed by atoms with Gasteiger partial charge in [0.1, 0.15) is 6.04 Å². The van der Waals surface area contributed by atoms with Gasteiger partial charge < -0.3 is 9.47 Å². The minimum Gasteiger partial charge on any atom is -0.383 e. The summed E-state index contributed by atoms with van der Waals surface area (Å²) in [5, 5.41) is 0. The fraction of sp³-hybridized carbons (Fsp3) is 0.900. The average Bonchev–Trinajstić information content (AvgIpc) is 2.26. The number of rotatable bonds is 8. The third kappa shape index (κ3) is 4.89. The third-order valence-corrected chi connectivity index (χ3v) is 2.39. The number of hydrazine groups is 1. The van der Waals surface area contributed by atoms with Crippen molar-refractivity contribution in [3.05, 3.63) is 0 Å². The van der Waals surface area contributed by atoms with Crippen molar-refractivity contribution in [2.75, 3.05) is 34.0 Å². The molecule has 1 amide bonds. The lowest BCUT2D eigenvalue weighted by Crippen LogP contribution is -2.54. The van der Waals surface area contributed by atoms with Crippen LogP contribution in [-0.2, 0) is 14.3 Å². The Morgan fingerprint density at radius 2 is 2.00 bits per heavy atom. The van der Waals surface area contributed by atoms with Gasteiger partial charge in [-0.1, -0.05) is 0 Å². The van der Waals surface area contributed by atoms with E-state index in [4.69, 9.17) is 15.3 Å². The highest BCUT2D eigenvalue weighted by Crippen LogP contribution is 2.06. The van der Waals surface area contributed by atoms with Gasteiger partial charge in [-0.2, -0.15) is 0 Å². The maximum atomic E-state index is 11.6. The number of methoxy groups -OCH3 is 2. The molecule has 6 heteroatoms. The number of carbonyl (C=O) groups excluding carboxylic acids is 1. The maximum Gasteiger partial charge on any atom is 0.253 e.